The molecule has 80 valence electrons. The first-order valence-corrected chi connectivity index (χ1v) is 5.13. The van der Waals surface area contributed by atoms with Gasteiger partial charge in [0.25, 0.3) is 0 Å². The van der Waals surface area contributed by atoms with Gasteiger partial charge in [0.15, 0.2) is 0 Å². The van der Waals surface area contributed by atoms with Crippen LogP contribution in [0.5, 0.6) is 5.75 Å². The molecule has 1 aromatic rings. The molecule has 2 heteroatoms. The van der Waals surface area contributed by atoms with Crippen LogP contribution in [0.4, 0.5) is 0 Å². The topological polar surface area (TPSA) is 29.5 Å². The van der Waals surface area contributed by atoms with Crippen molar-refractivity contribution < 1.29 is 9.84 Å². The molecule has 0 spiro atoms. The molecule has 0 saturated heterocycles. The first kappa shape index (κ1) is 11.6. The third kappa shape index (κ3) is 3.65. The van der Waals surface area contributed by atoms with Gasteiger partial charge in [-0.15, -0.1) is 0 Å². The lowest BCUT2D eigenvalue weighted by Gasteiger charge is -2.12. The monoisotopic (exact) mass is 204 g/mol. The van der Waals surface area contributed by atoms with Crippen molar-refractivity contribution in [3.8, 4) is 17.6 Å². The van der Waals surface area contributed by atoms with Gasteiger partial charge in [0.2, 0.25) is 0 Å². The van der Waals surface area contributed by atoms with Crippen LogP contribution in [0.2, 0.25) is 0 Å². The molecule has 0 aliphatic heterocycles. The Hall–Kier alpha value is -1.46. The van der Waals surface area contributed by atoms with Gasteiger partial charge in [0, 0.05) is 6.42 Å². The van der Waals surface area contributed by atoms with Crippen LogP contribution in [-0.4, -0.2) is 17.8 Å². The highest BCUT2D eigenvalue weighted by Crippen LogP contribution is 2.18. The molecule has 0 fully saturated rings. The van der Waals surface area contributed by atoms with E-state index in [4.69, 9.17) is 9.84 Å². The second-order valence-corrected chi connectivity index (χ2v) is 3.26. The number of para-hydroxylation sites is 1. The van der Waals surface area contributed by atoms with E-state index in [1.807, 2.05) is 38.1 Å². The van der Waals surface area contributed by atoms with Crippen molar-refractivity contribution in [3.05, 3.63) is 29.8 Å². The van der Waals surface area contributed by atoms with Crippen LogP contribution in [0, 0.1) is 11.8 Å². The molecule has 0 aromatic heterocycles. The van der Waals surface area contributed by atoms with Gasteiger partial charge < -0.3 is 9.84 Å². The van der Waals surface area contributed by atoms with Crippen molar-refractivity contribution >= 4 is 0 Å². The molecule has 15 heavy (non-hydrogen) atoms. The molecule has 1 aromatic carbocycles. The number of benzene rings is 1. The lowest BCUT2D eigenvalue weighted by molar-refractivity contribution is 0.129. The van der Waals surface area contributed by atoms with E-state index in [0.29, 0.717) is 0 Å². The van der Waals surface area contributed by atoms with Gasteiger partial charge in [-0.3, -0.25) is 0 Å². The first-order valence-electron chi connectivity index (χ1n) is 5.13. The van der Waals surface area contributed by atoms with Gasteiger partial charge in [-0.2, -0.15) is 0 Å². The summed E-state index contributed by atoms with van der Waals surface area (Å²) in [6, 6.07) is 7.61. The fraction of sp³-hybridized carbons (Fsp3) is 0.385. The predicted octanol–water partition coefficient (Wildman–Crippen LogP) is 2.21. The summed E-state index contributed by atoms with van der Waals surface area (Å²) in [4.78, 5) is 0. The van der Waals surface area contributed by atoms with Crippen LogP contribution in [0.3, 0.4) is 0 Å². The Morgan fingerprint density at radius 1 is 1.40 bits per heavy atom. The summed E-state index contributed by atoms with van der Waals surface area (Å²) in [6.07, 6.45) is 0.624. The van der Waals surface area contributed by atoms with Crippen LogP contribution in [0.25, 0.3) is 0 Å². The molecule has 0 aliphatic rings. The Morgan fingerprint density at radius 2 is 2.13 bits per heavy atom. The van der Waals surface area contributed by atoms with Gasteiger partial charge in [-0.05, 0) is 19.1 Å². The van der Waals surface area contributed by atoms with E-state index >= 15 is 0 Å². The number of rotatable bonds is 3. The van der Waals surface area contributed by atoms with Crippen LogP contribution < -0.4 is 4.74 Å². The highest BCUT2D eigenvalue weighted by atomic mass is 16.5. The van der Waals surface area contributed by atoms with Gasteiger partial charge >= 0.3 is 0 Å². The zero-order valence-electron chi connectivity index (χ0n) is 9.16. The van der Waals surface area contributed by atoms with Crippen LogP contribution in [0.1, 0.15) is 25.8 Å². The summed E-state index contributed by atoms with van der Waals surface area (Å²) in [7, 11) is 0. The van der Waals surface area contributed by atoms with E-state index in [-0.39, 0.29) is 12.7 Å². The maximum Gasteiger partial charge on any atom is 0.135 e. The van der Waals surface area contributed by atoms with E-state index in [9.17, 15) is 0 Å². The van der Waals surface area contributed by atoms with Crippen molar-refractivity contribution in [1.29, 1.82) is 0 Å². The Labute approximate surface area is 90.9 Å². The van der Waals surface area contributed by atoms with Gasteiger partial charge in [0.1, 0.15) is 11.9 Å². The molecule has 0 radical (unpaired) electrons. The normalized spacial score (nSPS) is 11.4. The van der Waals surface area contributed by atoms with Crippen molar-refractivity contribution in [3.63, 3.8) is 0 Å². The van der Waals surface area contributed by atoms with E-state index in [2.05, 4.69) is 11.8 Å². The quantitative estimate of drug-likeness (QED) is 0.765. The summed E-state index contributed by atoms with van der Waals surface area (Å²) in [5.41, 5.74) is 0.875. The van der Waals surface area contributed by atoms with E-state index in [1.54, 1.807) is 0 Å². The lowest BCUT2D eigenvalue weighted by atomic mass is 10.2. The summed E-state index contributed by atoms with van der Waals surface area (Å²) in [5, 5.41) is 8.90. The van der Waals surface area contributed by atoms with Crippen LogP contribution in [0.15, 0.2) is 24.3 Å². The fourth-order valence-corrected chi connectivity index (χ4v) is 1.11. The highest BCUT2D eigenvalue weighted by molar-refractivity contribution is 5.45. The molecule has 2 nitrogen and oxygen atoms in total. The maximum atomic E-state index is 8.90. The molecule has 0 heterocycles. The van der Waals surface area contributed by atoms with Crippen molar-refractivity contribution in [2.24, 2.45) is 0 Å². The third-order valence-electron chi connectivity index (χ3n) is 1.87. The number of aliphatic hydroxyl groups is 1. The summed E-state index contributed by atoms with van der Waals surface area (Å²) < 4.78 is 5.54. The molecule has 0 unspecified atom stereocenters. The SMILES string of the molecule is CCC#Cc1ccccc1O[C@H](C)CO. The molecular formula is C13H16O2. The minimum atomic E-state index is -0.199. The number of ether oxygens (including phenoxy) is 1. The van der Waals surface area contributed by atoms with E-state index in [1.165, 1.54) is 0 Å². The first-order chi connectivity index (χ1) is 7.27. The van der Waals surface area contributed by atoms with Crippen molar-refractivity contribution in [2.45, 2.75) is 26.4 Å². The molecule has 1 N–H and O–H groups in total. The molecule has 0 saturated carbocycles. The largest absolute Gasteiger partial charge is 0.487 e. The predicted molar refractivity (Wildman–Crippen MR) is 60.8 cm³/mol. The maximum absolute atomic E-state index is 8.90. The Bertz CT molecular complexity index is 360. The Kier molecular flexibility index (Phi) is 4.73. The minimum Gasteiger partial charge on any atom is -0.487 e. The zero-order chi connectivity index (χ0) is 11.1. The summed E-state index contributed by atoms with van der Waals surface area (Å²) in [6.45, 7) is 3.84. The highest BCUT2D eigenvalue weighted by Gasteiger charge is 2.04. The lowest BCUT2D eigenvalue weighted by Crippen LogP contribution is -2.16. The fourth-order valence-electron chi connectivity index (χ4n) is 1.11. The molecule has 1 atom stereocenters. The second-order valence-electron chi connectivity index (χ2n) is 3.26. The second kappa shape index (κ2) is 6.10. The number of hydrogen-bond acceptors (Lipinski definition) is 2. The van der Waals surface area contributed by atoms with Gasteiger partial charge in [-0.1, -0.05) is 30.9 Å². The molecule has 0 aliphatic carbocycles. The summed E-state index contributed by atoms with van der Waals surface area (Å²) in [5.74, 6) is 6.78. The van der Waals surface area contributed by atoms with E-state index in [0.717, 1.165) is 17.7 Å². The standard InChI is InChI=1S/C13H16O2/c1-3-4-7-12-8-5-6-9-13(12)15-11(2)10-14/h5-6,8-9,11,14H,3,10H2,1-2H3/t11-/m1/s1. The molecule has 0 amide bonds. The number of aliphatic hydroxyl groups excluding tert-OH is 1. The molecule has 1 rings (SSSR count). The van der Waals surface area contributed by atoms with E-state index < -0.39 is 0 Å². The van der Waals surface area contributed by atoms with Crippen molar-refractivity contribution in [1.82, 2.24) is 0 Å². The Balaban J connectivity index is 2.86. The zero-order valence-corrected chi connectivity index (χ0v) is 9.16. The van der Waals surface area contributed by atoms with Crippen LogP contribution >= 0.6 is 0 Å². The molecule has 0 bridgehead atoms. The summed E-state index contributed by atoms with van der Waals surface area (Å²) >= 11 is 0. The third-order valence-corrected chi connectivity index (χ3v) is 1.87. The molecular weight excluding hydrogens is 188 g/mol. The minimum absolute atomic E-state index is 0.00946. The number of hydrogen-bond donors (Lipinski definition) is 1. The van der Waals surface area contributed by atoms with Crippen LogP contribution in [-0.2, 0) is 0 Å². The Morgan fingerprint density at radius 3 is 2.80 bits per heavy atom. The average molecular weight is 204 g/mol. The smallest absolute Gasteiger partial charge is 0.135 e. The van der Waals surface area contributed by atoms with Gasteiger partial charge in [-0.25, -0.2) is 0 Å². The average Bonchev–Trinajstić information content (AvgIpc) is 2.28. The van der Waals surface area contributed by atoms with Gasteiger partial charge in [0.05, 0.1) is 12.2 Å². The van der Waals surface area contributed by atoms with Crippen molar-refractivity contribution in [2.75, 3.05) is 6.61 Å².